The molecule has 0 fully saturated rings. The first-order valence-electron chi connectivity index (χ1n) is 16.8. The summed E-state index contributed by atoms with van der Waals surface area (Å²) in [5.41, 5.74) is 16.0. The summed E-state index contributed by atoms with van der Waals surface area (Å²) in [4.78, 5) is 18.4. The van der Waals surface area contributed by atoms with Crippen molar-refractivity contribution in [2.75, 3.05) is 0 Å². The molecule has 50 heavy (non-hydrogen) atoms. The molecule has 2 aliphatic heterocycles. The van der Waals surface area contributed by atoms with E-state index in [0.29, 0.717) is 0 Å². The van der Waals surface area contributed by atoms with Gasteiger partial charge >= 0.3 is 0 Å². The lowest BCUT2D eigenvalue weighted by molar-refractivity contribution is -0.671. The number of fused-ring (bicyclic) bond motifs is 8. The van der Waals surface area contributed by atoms with Gasteiger partial charge in [-0.3, -0.25) is 0 Å². The van der Waals surface area contributed by atoms with E-state index in [2.05, 4.69) is 153 Å². The minimum absolute atomic E-state index is 0.893. The fourth-order valence-electron chi connectivity index (χ4n) is 7.10. The lowest BCUT2D eigenvalue weighted by Gasteiger charge is -2.06. The third-order valence-electron chi connectivity index (χ3n) is 9.34. The van der Waals surface area contributed by atoms with Crippen LogP contribution in [0.3, 0.4) is 0 Å². The van der Waals surface area contributed by atoms with Crippen LogP contribution in [0.5, 0.6) is 0 Å². The van der Waals surface area contributed by atoms with E-state index in [9.17, 15) is 0 Å². The number of H-pyrrole nitrogens is 2. The van der Waals surface area contributed by atoms with Gasteiger partial charge in [0.25, 0.3) is 0 Å². The van der Waals surface area contributed by atoms with Crippen molar-refractivity contribution in [1.29, 1.82) is 0 Å². The van der Waals surface area contributed by atoms with E-state index >= 15 is 0 Å². The van der Waals surface area contributed by atoms with Crippen molar-refractivity contribution in [3.8, 4) is 44.5 Å². The highest BCUT2D eigenvalue weighted by Gasteiger charge is 2.20. The molecule has 7 heterocycles. The quantitative estimate of drug-likeness (QED) is 0.188. The maximum Gasteiger partial charge on any atom is 0.176 e. The fourth-order valence-corrected chi connectivity index (χ4v) is 7.10. The Kier molecular flexibility index (Phi) is 7.13. The van der Waals surface area contributed by atoms with Gasteiger partial charge in [-0.05, 0) is 71.8 Å². The lowest BCUT2D eigenvalue weighted by Crippen LogP contribution is -2.26. The topological polar surface area (TPSA) is 65.1 Å². The van der Waals surface area contributed by atoms with Gasteiger partial charge in [0.05, 0.1) is 22.8 Å². The zero-order chi connectivity index (χ0) is 33.6. The number of pyridine rings is 2. The van der Waals surface area contributed by atoms with E-state index in [1.807, 2.05) is 38.6 Å². The normalized spacial score (nSPS) is 12.0. The molecular weight excluding hydrogens is 613 g/mol. The molecule has 0 saturated carbocycles. The number of aryl methyl sites for hydroxylation is 2. The molecular formula is C44H34N6+2. The van der Waals surface area contributed by atoms with E-state index < -0.39 is 0 Å². The third kappa shape index (κ3) is 5.24. The number of benzene rings is 2. The van der Waals surface area contributed by atoms with Gasteiger partial charge in [-0.1, -0.05) is 60.7 Å². The maximum atomic E-state index is 5.38. The van der Waals surface area contributed by atoms with Crippen molar-refractivity contribution >= 4 is 46.4 Å². The van der Waals surface area contributed by atoms with Crippen LogP contribution in [0.15, 0.2) is 134 Å². The second-order valence-electron chi connectivity index (χ2n) is 12.8. The molecule has 6 heteroatoms. The molecule has 238 valence electrons. The van der Waals surface area contributed by atoms with E-state index in [1.54, 1.807) is 0 Å². The second kappa shape index (κ2) is 12.1. The van der Waals surface area contributed by atoms with E-state index in [0.717, 1.165) is 89.4 Å². The first kappa shape index (κ1) is 29.5. The molecule has 9 rings (SSSR count). The van der Waals surface area contributed by atoms with Gasteiger partial charge in [0.1, 0.15) is 14.1 Å². The van der Waals surface area contributed by atoms with Crippen molar-refractivity contribution in [1.82, 2.24) is 19.9 Å². The Morgan fingerprint density at radius 2 is 0.700 bits per heavy atom. The summed E-state index contributed by atoms with van der Waals surface area (Å²) in [7, 11) is 4.10. The summed E-state index contributed by atoms with van der Waals surface area (Å²) in [6.45, 7) is 0. The van der Waals surface area contributed by atoms with Crippen LogP contribution >= 0.6 is 0 Å². The predicted molar refractivity (Wildman–Crippen MR) is 203 cm³/mol. The van der Waals surface area contributed by atoms with Crippen molar-refractivity contribution in [3.63, 3.8) is 0 Å². The van der Waals surface area contributed by atoms with Crippen LogP contribution in [0.1, 0.15) is 22.8 Å². The second-order valence-corrected chi connectivity index (χ2v) is 12.8. The number of rotatable bonds is 4. The molecule has 0 atom stereocenters. The van der Waals surface area contributed by atoms with Crippen LogP contribution < -0.4 is 9.13 Å². The smallest absolute Gasteiger partial charge is 0.176 e. The van der Waals surface area contributed by atoms with Crippen LogP contribution in [0.4, 0.5) is 0 Å². The number of hydrogen-bond donors (Lipinski definition) is 2. The average Bonchev–Trinajstić information content (AvgIpc) is 3.97. The van der Waals surface area contributed by atoms with E-state index in [1.165, 1.54) is 0 Å². The Balaban J connectivity index is 1.49. The predicted octanol–water partition coefficient (Wildman–Crippen LogP) is 8.97. The van der Waals surface area contributed by atoms with Crippen molar-refractivity contribution in [2.45, 2.75) is 0 Å². The van der Waals surface area contributed by atoms with Crippen LogP contribution in [0.2, 0.25) is 0 Å². The number of nitrogens with zero attached hydrogens (tertiary/aromatic N) is 4. The van der Waals surface area contributed by atoms with Gasteiger partial charge in [-0.2, -0.15) is 0 Å². The van der Waals surface area contributed by atoms with Crippen LogP contribution in [-0.2, 0) is 14.1 Å². The fraction of sp³-hybridized carbons (Fsp3) is 0.0455. The molecule has 2 aliphatic rings. The summed E-state index contributed by atoms with van der Waals surface area (Å²) in [5.74, 6) is 0. The highest BCUT2D eigenvalue weighted by atomic mass is 14.9. The van der Waals surface area contributed by atoms with Crippen molar-refractivity contribution < 1.29 is 9.13 Å². The Morgan fingerprint density at radius 1 is 0.380 bits per heavy atom. The summed E-state index contributed by atoms with van der Waals surface area (Å²) in [5, 5.41) is 0. The Labute approximate surface area is 290 Å². The van der Waals surface area contributed by atoms with Crippen LogP contribution in [0, 0.1) is 0 Å². The largest absolute Gasteiger partial charge is 0.354 e. The maximum absolute atomic E-state index is 5.38. The van der Waals surface area contributed by atoms with Gasteiger partial charge in [0, 0.05) is 67.6 Å². The van der Waals surface area contributed by atoms with Gasteiger partial charge in [-0.15, -0.1) is 0 Å². The molecule has 0 amide bonds. The molecule has 2 N–H and O–H groups in total. The van der Waals surface area contributed by atoms with E-state index in [-0.39, 0.29) is 0 Å². The molecule has 0 aliphatic carbocycles. The Hall–Kier alpha value is -6.66. The number of hydrogen-bond acceptors (Lipinski definition) is 2. The average molecular weight is 647 g/mol. The standard InChI is InChI=1S/C44H34N6/c1-49-25-9-15-31(27-49)43-37-21-19-35(46-37)41(29-11-5-3-6-12-29)33-17-18-34(45-33)42(30-13-7-4-8-14-30)36-20-22-38(47-36)44(40-24-23-39(43)48-40)32-16-10-26-50(2)28-32/h3-28,45,48H,1-2H3/q+2. The molecule has 0 radical (unpaired) electrons. The summed E-state index contributed by atoms with van der Waals surface area (Å²) >= 11 is 0. The Bertz CT molecular complexity index is 2480. The highest BCUT2D eigenvalue weighted by molar-refractivity contribution is 5.99. The molecule has 8 bridgehead atoms. The molecule has 0 unspecified atom stereocenters. The summed E-state index contributed by atoms with van der Waals surface area (Å²) < 4.78 is 4.16. The third-order valence-corrected chi connectivity index (χ3v) is 9.34. The van der Waals surface area contributed by atoms with Gasteiger partial charge in [0.15, 0.2) is 24.8 Å². The van der Waals surface area contributed by atoms with Gasteiger partial charge in [-0.25, -0.2) is 19.1 Å². The first-order valence-corrected chi connectivity index (χ1v) is 16.8. The minimum Gasteiger partial charge on any atom is -0.354 e. The van der Waals surface area contributed by atoms with Crippen LogP contribution in [-0.4, -0.2) is 19.9 Å². The molecule has 2 aromatic carbocycles. The lowest BCUT2D eigenvalue weighted by atomic mass is 10.0. The number of aromatic nitrogens is 6. The highest BCUT2D eigenvalue weighted by Crippen LogP contribution is 2.37. The Morgan fingerprint density at radius 3 is 1.04 bits per heavy atom. The SMILES string of the molecule is C[n+]1cccc(-c2c3nc(c(-c4ccccc4)c4ccc([nH]4)c(-c4ccccc4)c4nc(c(-c5ccc[n+](C)c5)c5ccc2[nH]5)C=C4)C=C3)c1. The number of aromatic amines is 2. The molecule has 5 aromatic heterocycles. The minimum atomic E-state index is 0.893. The molecule has 7 aromatic rings. The molecule has 0 spiro atoms. The monoisotopic (exact) mass is 646 g/mol. The van der Waals surface area contributed by atoms with E-state index in [4.69, 9.17) is 9.97 Å². The summed E-state index contributed by atoms with van der Waals surface area (Å²) in [6, 6.07) is 38.1. The zero-order valence-corrected chi connectivity index (χ0v) is 27.8. The molecule has 0 saturated heterocycles. The van der Waals surface area contributed by atoms with Gasteiger partial charge in [0.2, 0.25) is 0 Å². The van der Waals surface area contributed by atoms with Crippen molar-refractivity contribution in [3.05, 3.63) is 157 Å². The van der Waals surface area contributed by atoms with Crippen LogP contribution in [0.25, 0.3) is 90.9 Å². The zero-order valence-electron chi connectivity index (χ0n) is 27.8. The molecule has 6 nitrogen and oxygen atoms in total. The van der Waals surface area contributed by atoms with Gasteiger partial charge < -0.3 is 9.97 Å². The number of nitrogens with one attached hydrogen (secondary N) is 2. The summed E-state index contributed by atoms with van der Waals surface area (Å²) in [6.07, 6.45) is 16.9. The first-order chi connectivity index (χ1) is 24.6. The van der Waals surface area contributed by atoms with Crippen molar-refractivity contribution in [2.24, 2.45) is 14.1 Å².